The van der Waals surface area contributed by atoms with Gasteiger partial charge < -0.3 is 9.84 Å². The van der Waals surface area contributed by atoms with Gasteiger partial charge >= 0.3 is 0 Å². The van der Waals surface area contributed by atoms with Crippen molar-refractivity contribution in [2.45, 2.75) is 32.6 Å². The number of pyridine rings is 1. The zero-order valence-corrected chi connectivity index (χ0v) is 15.3. The van der Waals surface area contributed by atoms with Crippen LogP contribution < -0.4 is 4.74 Å². The molecule has 0 saturated carbocycles. The lowest BCUT2D eigenvalue weighted by molar-refractivity contribution is 0.373. The maximum atomic E-state index is 9.79. The third kappa shape index (κ3) is 3.82. The Hall–Kier alpha value is -2.95. The van der Waals surface area contributed by atoms with Crippen molar-refractivity contribution < 1.29 is 9.84 Å². The van der Waals surface area contributed by atoms with Crippen LogP contribution >= 0.6 is 0 Å². The largest absolute Gasteiger partial charge is 0.504 e. The third-order valence-corrected chi connectivity index (χ3v) is 4.60. The summed E-state index contributed by atoms with van der Waals surface area (Å²) in [4.78, 5) is 13.5. The Balaban J connectivity index is 1.93. The molecule has 3 rings (SSSR count). The van der Waals surface area contributed by atoms with Crippen molar-refractivity contribution in [1.29, 1.82) is 0 Å². The molecular weight excluding hydrogens is 326 g/mol. The zero-order valence-electron chi connectivity index (χ0n) is 15.3. The maximum Gasteiger partial charge on any atom is 0.161 e. The molecule has 1 N–H and O–H groups in total. The predicted octanol–water partition coefficient (Wildman–Crippen LogP) is 4.30. The Morgan fingerprint density at radius 2 is 2.04 bits per heavy atom. The summed E-state index contributed by atoms with van der Waals surface area (Å²) < 4.78 is 5.19. The van der Waals surface area contributed by atoms with Gasteiger partial charge in [-0.05, 0) is 61.1 Å². The first-order valence-electron chi connectivity index (χ1n) is 8.72. The minimum absolute atomic E-state index is 0.103. The molecule has 0 saturated heterocycles. The van der Waals surface area contributed by atoms with E-state index in [0.29, 0.717) is 17.5 Å². The molecule has 0 aliphatic heterocycles. The van der Waals surface area contributed by atoms with Crippen LogP contribution in [0, 0.1) is 6.92 Å². The molecule has 5 heteroatoms. The number of methoxy groups -OCH3 is 1. The van der Waals surface area contributed by atoms with Crippen molar-refractivity contribution in [2.24, 2.45) is 0 Å². The normalized spacial score (nSPS) is 12.0. The molecule has 26 heavy (non-hydrogen) atoms. The van der Waals surface area contributed by atoms with Gasteiger partial charge in [0.15, 0.2) is 17.3 Å². The predicted molar refractivity (Wildman–Crippen MR) is 101 cm³/mol. The maximum absolute atomic E-state index is 9.79. The number of nitrogens with zero attached hydrogens (tertiary/aromatic N) is 3. The highest BCUT2D eigenvalue weighted by atomic mass is 16.5. The fourth-order valence-corrected chi connectivity index (χ4v) is 2.99. The average molecular weight is 349 g/mol. The van der Waals surface area contributed by atoms with Crippen LogP contribution in [0.4, 0.5) is 0 Å². The van der Waals surface area contributed by atoms with Gasteiger partial charge in [-0.1, -0.05) is 13.0 Å². The molecule has 1 aromatic carbocycles. The highest BCUT2D eigenvalue weighted by Crippen LogP contribution is 2.31. The van der Waals surface area contributed by atoms with Gasteiger partial charge in [0.25, 0.3) is 0 Å². The summed E-state index contributed by atoms with van der Waals surface area (Å²) in [6.45, 7) is 4.21. The molecule has 0 bridgehead atoms. The molecule has 0 spiro atoms. The molecule has 1 atom stereocenters. The first kappa shape index (κ1) is 17.9. The highest BCUT2D eigenvalue weighted by Gasteiger charge is 2.15. The van der Waals surface area contributed by atoms with Gasteiger partial charge in [-0.2, -0.15) is 0 Å². The molecule has 2 heterocycles. The number of hydrogen-bond donors (Lipinski definition) is 1. The molecule has 5 nitrogen and oxygen atoms in total. The van der Waals surface area contributed by atoms with E-state index in [1.165, 1.54) is 12.7 Å². The van der Waals surface area contributed by atoms with E-state index in [4.69, 9.17) is 9.72 Å². The van der Waals surface area contributed by atoms with Crippen molar-refractivity contribution >= 4 is 0 Å². The zero-order chi connectivity index (χ0) is 18.5. The molecule has 134 valence electrons. The number of benzene rings is 1. The summed E-state index contributed by atoms with van der Waals surface area (Å²) in [5.41, 5.74) is 4.13. The van der Waals surface area contributed by atoms with E-state index in [0.717, 1.165) is 29.7 Å². The first-order chi connectivity index (χ1) is 12.6. The second-order valence-electron chi connectivity index (χ2n) is 6.31. The van der Waals surface area contributed by atoms with Crippen LogP contribution in [0.1, 0.15) is 36.1 Å². The number of aryl methyl sites for hydroxylation is 1. The average Bonchev–Trinajstić information content (AvgIpc) is 2.68. The van der Waals surface area contributed by atoms with E-state index in [2.05, 4.69) is 23.0 Å². The van der Waals surface area contributed by atoms with Crippen molar-refractivity contribution in [3.63, 3.8) is 0 Å². The van der Waals surface area contributed by atoms with Crippen molar-refractivity contribution in [3.8, 4) is 22.9 Å². The summed E-state index contributed by atoms with van der Waals surface area (Å²) in [5, 5.41) is 9.79. The van der Waals surface area contributed by atoms with Gasteiger partial charge in [0.05, 0.1) is 7.11 Å². The van der Waals surface area contributed by atoms with Gasteiger partial charge in [-0.3, -0.25) is 4.98 Å². The highest BCUT2D eigenvalue weighted by molar-refractivity contribution is 5.61. The molecular formula is C21H23N3O2. The Morgan fingerprint density at radius 3 is 2.73 bits per heavy atom. The number of hydrogen-bond acceptors (Lipinski definition) is 5. The van der Waals surface area contributed by atoms with Crippen LogP contribution in [-0.4, -0.2) is 27.2 Å². The summed E-state index contributed by atoms with van der Waals surface area (Å²) in [6.07, 6.45) is 7.42. The number of rotatable bonds is 6. The lowest BCUT2D eigenvalue weighted by Crippen LogP contribution is -2.07. The van der Waals surface area contributed by atoms with Crippen LogP contribution in [0.15, 0.2) is 48.9 Å². The van der Waals surface area contributed by atoms with Crippen molar-refractivity contribution in [1.82, 2.24) is 15.0 Å². The second kappa shape index (κ2) is 7.95. The van der Waals surface area contributed by atoms with Gasteiger partial charge in [-0.25, -0.2) is 9.97 Å². The molecule has 3 aromatic rings. The quantitative estimate of drug-likeness (QED) is 0.719. The third-order valence-electron chi connectivity index (χ3n) is 4.60. The van der Waals surface area contributed by atoms with Gasteiger partial charge in [-0.15, -0.1) is 0 Å². The topological polar surface area (TPSA) is 68.1 Å². The summed E-state index contributed by atoms with van der Waals surface area (Å²) in [5.74, 6) is 1.51. The Morgan fingerprint density at radius 1 is 1.19 bits per heavy atom. The number of aromatic nitrogens is 3. The SMILES string of the molecule is CC[C@H](Cc1nc(-c2ccc(O)c(OC)c2)ncc1C)c1cccnc1. The first-order valence-corrected chi connectivity index (χ1v) is 8.72. The Kier molecular flexibility index (Phi) is 5.46. The fourth-order valence-electron chi connectivity index (χ4n) is 2.99. The Labute approximate surface area is 153 Å². The van der Waals surface area contributed by atoms with E-state index in [1.807, 2.05) is 25.4 Å². The number of ether oxygens (including phenoxy) is 1. The number of aromatic hydroxyl groups is 1. The van der Waals surface area contributed by atoms with Crippen LogP contribution in [-0.2, 0) is 6.42 Å². The van der Waals surface area contributed by atoms with Gasteiger partial charge in [0.1, 0.15) is 0 Å². The molecule has 2 aromatic heterocycles. The van der Waals surface area contributed by atoms with Crippen LogP contribution in [0.2, 0.25) is 0 Å². The van der Waals surface area contributed by atoms with Crippen LogP contribution in [0.5, 0.6) is 11.5 Å². The molecule has 0 fully saturated rings. The number of phenols is 1. The lowest BCUT2D eigenvalue weighted by atomic mass is 9.92. The van der Waals surface area contributed by atoms with Gasteiger partial charge in [0, 0.05) is 29.8 Å². The lowest BCUT2D eigenvalue weighted by Gasteiger charge is -2.16. The van der Waals surface area contributed by atoms with E-state index in [1.54, 1.807) is 24.4 Å². The summed E-state index contributed by atoms with van der Waals surface area (Å²) in [6, 6.07) is 9.23. The van der Waals surface area contributed by atoms with E-state index < -0.39 is 0 Å². The molecule has 0 radical (unpaired) electrons. The van der Waals surface area contributed by atoms with Gasteiger partial charge in [0.2, 0.25) is 0 Å². The smallest absolute Gasteiger partial charge is 0.161 e. The van der Waals surface area contributed by atoms with E-state index in [9.17, 15) is 5.11 Å². The molecule has 0 amide bonds. The van der Waals surface area contributed by atoms with Crippen molar-refractivity contribution in [3.05, 3.63) is 65.7 Å². The minimum atomic E-state index is 0.103. The van der Waals surface area contributed by atoms with Crippen LogP contribution in [0.3, 0.4) is 0 Å². The fraction of sp³-hybridized carbons (Fsp3) is 0.286. The molecule has 0 unspecified atom stereocenters. The van der Waals surface area contributed by atoms with E-state index in [-0.39, 0.29) is 5.75 Å². The summed E-state index contributed by atoms with van der Waals surface area (Å²) >= 11 is 0. The van der Waals surface area contributed by atoms with Crippen molar-refractivity contribution in [2.75, 3.05) is 7.11 Å². The number of phenolic OH excluding ortho intramolecular Hbond substituents is 1. The Bertz CT molecular complexity index is 882. The molecule has 0 aliphatic carbocycles. The minimum Gasteiger partial charge on any atom is -0.504 e. The van der Waals surface area contributed by atoms with Crippen LogP contribution in [0.25, 0.3) is 11.4 Å². The summed E-state index contributed by atoms with van der Waals surface area (Å²) in [7, 11) is 1.53. The monoisotopic (exact) mass is 349 g/mol. The standard InChI is InChI=1S/C21H23N3O2/c1-4-15(17-6-5-9-22-13-17)10-18-14(2)12-23-21(24-18)16-7-8-19(25)20(11-16)26-3/h5-9,11-13,15,25H,4,10H2,1-3H3/t15-/m1/s1. The second-order valence-corrected chi connectivity index (χ2v) is 6.31. The van der Waals surface area contributed by atoms with E-state index >= 15 is 0 Å². The molecule has 0 aliphatic rings.